The molecule has 1 saturated heterocycles. The number of carbonyl (C=O) groups is 1. The van der Waals surface area contributed by atoms with Crippen molar-refractivity contribution in [3.8, 4) is 11.5 Å². The van der Waals surface area contributed by atoms with Crippen LogP contribution in [0, 0.1) is 24.7 Å². The lowest BCUT2D eigenvalue weighted by Crippen LogP contribution is -2.21. The van der Waals surface area contributed by atoms with Gasteiger partial charge in [-0.1, -0.05) is 60.7 Å². The number of pyridine rings is 1. The third-order valence-corrected chi connectivity index (χ3v) is 11.3. The minimum Gasteiger partial charge on any atom is -0.491 e. The first-order valence-corrected chi connectivity index (χ1v) is 20.5. The lowest BCUT2D eigenvalue weighted by atomic mass is 9.89. The van der Waals surface area contributed by atoms with E-state index in [4.69, 9.17) is 14.2 Å². The Morgan fingerprint density at radius 2 is 1.86 bits per heavy atom. The highest BCUT2D eigenvalue weighted by Crippen LogP contribution is 2.37. The van der Waals surface area contributed by atoms with Gasteiger partial charge in [-0.15, -0.1) is 0 Å². The van der Waals surface area contributed by atoms with Crippen LogP contribution >= 0.6 is 0 Å². The molecule has 2 aliphatic rings. The number of rotatable bonds is 19. The number of esters is 1. The number of hydrogen-bond acceptors (Lipinski definition) is 9. The number of likely N-dealkylation sites (tertiary alicyclic amines) is 1. The number of allylic oxidation sites excluding steroid dienone is 2. The van der Waals surface area contributed by atoms with E-state index >= 15 is 0 Å². The lowest BCUT2D eigenvalue weighted by Gasteiger charge is -2.19. The third-order valence-electron chi connectivity index (χ3n) is 11.3. The molecule has 0 unspecified atom stereocenters. The number of carbonyl (C=O) groups excluding carboxylic acids is 1. The Kier molecular flexibility index (Phi) is 15.6. The van der Waals surface area contributed by atoms with Gasteiger partial charge in [0.2, 0.25) is 0 Å². The molecular formula is C47H55F3N2O7. The molecule has 2 fully saturated rings. The molecule has 9 nitrogen and oxygen atoms in total. The van der Waals surface area contributed by atoms with Crippen LogP contribution in [0.5, 0.6) is 11.5 Å². The molecule has 3 aromatic carbocycles. The Bertz CT molecular complexity index is 2030. The molecule has 3 N–H and O–H groups in total. The third kappa shape index (κ3) is 12.9. The molecule has 59 heavy (non-hydrogen) atoms. The van der Waals surface area contributed by atoms with Gasteiger partial charge in [-0.3, -0.25) is 14.7 Å². The predicted molar refractivity (Wildman–Crippen MR) is 220 cm³/mol. The maximum absolute atomic E-state index is 13.0. The molecule has 1 aliphatic carbocycles. The Labute approximate surface area is 344 Å². The van der Waals surface area contributed by atoms with E-state index in [2.05, 4.69) is 52.3 Å². The van der Waals surface area contributed by atoms with Crippen molar-refractivity contribution in [2.45, 2.75) is 82.9 Å². The molecule has 316 valence electrons. The maximum atomic E-state index is 13.0. The predicted octanol–water partition coefficient (Wildman–Crippen LogP) is 8.02. The number of aromatic nitrogens is 1. The van der Waals surface area contributed by atoms with Gasteiger partial charge in [0.1, 0.15) is 37.4 Å². The molecule has 0 spiro atoms. The van der Waals surface area contributed by atoms with Gasteiger partial charge >= 0.3 is 12.1 Å². The molecule has 6 atom stereocenters. The zero-order valence-electron chi connectivity index (χ0n) is 33.5. The monoisotopic (exact) mass is 816 g/mol. The zero-order chi connectivity index (χ0) is 41.8. The Hall–Kier alpha value is -4.75. The van der Waals surface area contributed by atoms with Crippen molar-refractivity contribution in [2.75, 3.05) is 32.9 Å². The van der Waals surface area contributed by atoms with Crippen LogP contribution in [0.2, 0.25) is 0 Å². The molecule has 4 aromatic rings. The summed E-state index contributed by atoms with van der Waals surface area (Å²) in [6.07, 6.45) is 7.90. The van der Waals surface area contributed by atoms with Crippen molar-refractivity contribution in [2.24, 2.45) is 17.8 Å². The normalized spacial score (nSPS) is 21.8. The molecule has 12 heteroatoms. The Morgan fingerprint density at radius 1 is 1.02 bits per heavy atom. The second-order valence-corrected chi connectivity index (χ2v) is 15.8. The van der Waals surface area contributed by atoms with Crippen LogP contribution in [0.4, 0.5) is 13.2 Å². The minimum absolute atomic E-state index is 0.0182. The van der Waals surface area contributed by atoms with Crippen molar-refractivity contribution in [3.05, 3.63) is 126 Å². The first-order valence-electron chi connectivity index (χ1n) is 20.5. The Morgan fingerprint density at radius 3 is 2.71 bits per heavy atom. The molecular weight excluding hydrogens is 762 g/mol. The summed E-state index contributed by atoms with van der Waals surface area (Å²) in [6, 6.07) is 19.3. The molecule has 2 heterocycles. The van der Waals surface area contributed by atoms with Crippen LogP contribution in [-0.4, -0.2) is 82.4 Å². The second-order valence-electron chi connectivity index (χ2n) is 15.8. The van der Waals surface area contributed by atoms with E-state index < -0.39 is 36.0 Å². The molecule has 0 amide bonds. The SMILES string of the molecule is Cc1ccc(CN2CC[C@@H](Cc3cccc4cnccc34)C2)cc1OCCOC(=O)CCC/C=C\C[C@@H]1[C@@H](/C=C/[C@@H](O)COc2cccc(C(F)(F)F)c2)[C@H](O)C[C@@H]1O. The van der Waals surface area contributed by atoms with E-state index in [1.54, 1.807) is 6.08 Å². The smallest absolute Gasteiger partial charge is 0.416 e. The van der Waals surface area contributed by atoms with Gasteiger partial charge in [-0.2, -0.15) is 13.2 Å². The van der Waals surface area contributed by atoms with Crippen molar-refractivity contribution in [3.63, 3.8) is 0 Å². The maximum Gasteiger partial charge on any atom is 0.416 e. The van der Waals surface area contributed by atoms with Gasteiger partial charge in [0.25, 0.3) is 0 Å². The molecule has 1 saturated carbocycles. The number of hydrogen-bond donors (Lipinski definition) is 3. The zero-order valence-corrected chi connectivity index (χ0v) is 33.5. The lowest BCUT2D eigenvalue weighted by molar-refractivity contribution is -0.144. The fourth-order valence-corrected chi connectivity index (χ4v) is 8.14. The number of halogens is 3. The number of aliphatic hydroxyl groups excluding tert-OH is 3. The number of unbranched alkanes of at least 4 members (excludes halogenated alkanes) is 1. The van der Waals surface area contributed by atoms with Crippen LogP contribution < -0.4 is 9.47 Å². The van der Waals surface area contributed by atoms with E-state index in [0.29, 0.717) is 25.2 Å². The van der Waals surface area contributed by atoms with E-state index in [1.807, 2.05) is 31.5 Å². The second kappa shape index (κ2) is 21.0. The summed E-state index contributed by atoms with van der Waals surface area (Å²) in [4.78, 5) is 19.2. The van der Waals surface area contributed by atoms with E-state index in [-0.39, 0.29) is 50.3 Å². The van der Waals surface area contributed by atoms with Crippen LogP contribution in [0.3, 0.4) is 0 Å². The largest absolute Gasteiger partial charge is 0.491 e. The van der Waals surface area contributed by atoms with Crippen LogP contribution in [0.15, 0.2) is 103 Å². The molecule has 6 rings (SSSR count). The number of benzene rings is 3. The molecule has 1 aliphatic heterocycles. The van der Waals surface area contributed by atoms with E-state index in [0.717, 1.165) is 49.5 Å². The van der Waals surface area contributed by atoms with Crippen molar-refractivity contribution in [1.82, 2.24) is 9.88 Å². The highest BCUT2D eigenvalue weighted by Gasteiger charge is 2.39. The quantitative estimate of drug-likeness (QED) is 0.0491. The van der Waals surface area contributed by atoms with Crippen LogP contribution in [-0.2, 0) is 28.7 Å². The van der Waals surface area contributed by atoms with Crippen molar-refractivity contribution in [1.29, 1.82) is 0 Å². The van der Waals surface area contributed by atoms with Gasteiger partial charge in [0.05, 0.1) is 17.8 Å². The number of fused-ring (bicyclic) bond motifs is 1. The first-order chi connectivity index (χ1) is 28.4. The van der Waals surface area contributed by atoms with Gasteiger partial charge in [-0.25, -0.2) is 0 Å². The number of aliphatic hydroxyl groups is 3. The topological polar surface area (TPSA) is 122 Å². The van der Waals surface area contributed by atoms with E-state index in [1.165, 1.54) is 46.5 Å². The number of ether oxygens (including phenoxy) is 3. The Balaban J connectivity index is 0.851. The molecule has 0 bridgehead atoms. The minimum atomic E-state index is -4.50. The first kappa shape index (κ1) is 43.8. The van der Waals surface area contributed by atoms with Gasteiger partial charge in [-0.05, 0) is 110 Å². The van der Waals surface area contributed by atoms with Crippen LogP contribution in [0.1, 0.15) is 60.8 Å². The van der Waals surface area contributed by atoms with Crippen molar-refractivity contribution >= 4 is 16.7 Å². The fraction of sp³-hybridized carbons (Fsp3) is 0.447. The number of alkyl halides is 3. The summed E-state index contributed by atoms with van der Waals surface area (Å²) < 4.78 is 55.7. The highest BCUT2D eigenvalue weighted by atomic mass is 19.4. The average Bonchev–Trinajstić information content (AvgIpc) is 3.77. The van der Waals surface area contributed by atoms with Gasteiger partial charge in [0, 0.05) is 49.6 Å². The number of aryl methyl sites for hydroxylation is 1. The number of nitrogens with zero attached hydrogens (tertiary/aromatic N) is 2. The van der Waals surface area contributed by atoms with E-state index in [9.17, 15) is 33.3 Å². The standard InChI is InChI=1S/C47H55F3N2O7/c1-32-14-15-33(29-52-21-19-34(30-52)24-35-8-6-9-36-28-51-20-18-40(35)36)25-45(32)57-22-23-58-46(56)13-5-3-2-4-12-41-42(44(55)27-43(41)54)17-16-38(53)31-59-39-11-7-10-37(26-39)47(48,49)50/h2,4,6-11,14-18,20,25-26,28,34,38,41-44,53-55H,3,5,12-13,19,21-24,27,29-31H2,1H3/b4-2-,17-16+/t34-,38+,41+,42+,43-,44+/m0/s1. The van der Waals surface area contributed by atoms with Crippen molar-refractivity contribution < 1.29 is 47.5 Å². The summed E-state index contributed by atoms with van der Waals surface area (Å²) >= 11 is 0. The highest BCUT2D eigenvalue weighted by molar-refractivity contribution is 5.84. The van der Waals surface area contributed by atoms with Crippen LogP contribution in [0.25, 0.3) is 10.8 Å². The summed E-state index contributed by atoms with van der Waals surface area (Å²) in [6.45, 7) is 5.11. The van der Waals surface area contributed by atoms with Gasteiger partial charge in [0.15, 0.2) is 0 Å². The van der Waals surface area contributed by atoms with Gasteiger partial charge < -0.3 is 29.5 Å². The fourth-order valence-electron chi connectivity index (χ4n) is 8.14. The summed E-state index contributed by atoms with van der Waals surface area (Å²) in [7, 11) is 0. The summed E-state index contributed by atoms with van der Waals surface area (Å²) in [5.41, 5.74) is 2.76. The molecule has 0 radical (unpaired) electrons. The summed E-state index contributed by atoms with van der Waals surface area (Å²) in [5, 5.41) is 33.9. The summed E-state index contributed by atoms with van der Waals surface area (Å²) in [5.74, 6) is 0.361. The average molecular weight is 817 g/mol. The molecule has 1 aromatic heterocycles.